The van der Waals surface area contributed by atoms with Crippen molar-refractivity contribution in [3.05, 3.63) is 0 Å². The van der Waals surface area contributed by atoms with Gasteiger partial charge >= 0.3 is 11.9 Å². The summed E-state index contributed by atoms with van der Waals surface area (Å²) < 4.78 is -0.818. The van der Waals surface area contributed by atoms with Crippen LogP contribution in [0.1, 0.15) is 27.7 Å². The summed E-state index contributed by atoms with van der Waals surface area (Å²) in [5, 5.41) is 22.9. The van der Waals surface area contributed by atoms with Crippen molar-refractivity contribution in [3.8, 4) is 0 Å². The molecule has 0 heterocycles. The molecule has 0 aromatic rings. The lowest BCUT2D eigenvalue weighted by molar-refractivity contribution is -0.142. The third kappa shape index (κ3) is 8.96. The highest BCUT2D eigenvalue weighted by atomic mass is 33.5. The van der Waals surface area contributed by atoms with Gasteiger partial charge in [0.05, 0.1) is 4.75 Å². The van der Waals surface area contributed by atoms with E-state index in [1.165, 1.54) is 45.3 Å². The molecule has 11 heteroatoms. The standard InChI is InChI=1S/C12H20N2O6S3/c1-6(15)13-8(10(17)18)5-21-23-22-12(3,4)9(11(19)20)14-7(2)16/h8-9H,5H2,1-4H3,(H,13,15)(H,14,16)(H,17,18)(H,19,20)/t8-,9+/m0/s1. The summed E-state index contributed by atoms with van der Waals surface area (Å²) in [5.41, 5.74) is 0. The molecular formula is C12H20N2O6S3. The number of carboxylic acid groups (broad SMARTS) is 2. The molecule has 0 unspecified atom stereocenters. The monoisotopic (exact) mass is 384 g/mol. The molecule has 132 valence electrons. The minimum absolute atomic E-state index is 0.126. The molecule has 8 nitrogen and oxygen atoms in total. The number of carbonyl (C=O) groups excluding carboxylic acids is 2. The van der Waals surface area contributed by atoms with Gasteiger partial charge in [-0.05, 0) is 23.7 Å². The van der Waals surface area contributed by atoms with E-state index in [1.807, 2.05) is 0 Å². The van der Waals surface area contributed by atoms with Crippen LogP contribution in [0.25, 0.3) is 0 Å². The van der Waals surface area contributed by atoms with E-state index in [0.717, 1.165) is 0 Å². The summed E-state index contributed by atoms with van der Waals surface area (Å²) in [7, 11) is 3.60. The zero-order valence-electron chi connectivity index (χ0n) is 13.1. The molecular weight excluding hydrogens is 364 g/mol. The van der Waals surface area contributed by atoms with Gasteiger partial charge in [-0.1, -0.05) is 21.6 Å². The Bertz CT molecular complexity index is 472. The number of carbonyl (C=O) groups is 4. The van der Waals surface area contributed by atoms with Crippen LogP contribution in [0, 0.1) is 0 Å². The molecule has 4 N–H and O–H groups in total. The first-order chi connectivity index (χ1) is 10.5. The molecule has 2 amide bonds. The Balaban J connectivity index is 4.52. The summed E-state index contributed by atoms with van der Waals surface area (Å²) >= 11 is 0. The minimum atomic E-state index is -1.15. The van der Waals surface area contributed by atoms with Gasteiger partial charge in [-0.25, -0.2) is 9.59 Å². The van der Waals surface area contributed by atoms with Crippen LogP contribution in [0.5, 0.6) is 0 Å². The molecule has 0 bridgehead atoms. The van der Waals surface area contributed by atoms with Crippen molar-refractivity contribution >= 4 is 55.2 Å². The molecule has 2 atom stereocenters. The molecule has 0 saturated heterocycles. The van der Waals surface area contributed by atoms with Crippen molar-refractivity contribution < 1.29 is 29.4 Å². The van der Waals surface area contributed by atoms with Crippen molar-refractivity contribution in [1.82, 2.24) is 10.6 Å². The van der Waals surface area contributed by atoms with Gasteiger partial charge < -0.3 is 20.8 Å². The molecule has 0 radical (unpaired) electrons. The van der Waals surface area contributed by atoms with E-state index >= 15 is 0 Å². The van der Waals surface area contributed by atoms with Gasteiger partial charge in [-0.2, -0.15) is 0 Å². The molecule has 0 aliphatic rings. The Kier molecular flexibility index (Phi) is 9.47. The second-order valence-corrected chi connectivity index (χ2v) is 9.87. The van der Waals surface area contributed by atoms with Crippen molar-refractivity contribution in [2.75, 3.05) is 5.75 Å². The summed E-state index contributed by atoms with van der Waals surface area (Å²) in [6, 6.07) is -2.09. The smallest absolute Gasteiger partial charge is 0.327 e. The predicted molar refractivity (Wildman–Crippen MR) is 92.2 cm³/mol. The van der Waals surface area contributed by atoms with Crippen LogP contribution < -0.4 is 10.6 Å². The van der Waals surface area contributed by atoms with Crippen molar-refractivity contribution in [2.24, 2.45) is 0 Å². The third-order valence-corrected chi connectivity index (χ3v) is 7.46. The lowest BCUT2D eigenvalue weighted by Gasteiger charge is -2.30. The van der Waals surface area contributed by atoms with Gasteiger partial charge in [0.2, 0.25) is 11.8 Å². The van der Waals surface area contributed by atoms with Crippen LogP contribution in [-0.4, -0.2) is 56.5 Å². The highest BCUT2D eigenvalue weighted by molar-refractivity contribution is 9.09. The van der Waals surface area contributed by atoms with Crippen LogP contribution in [0.4, 0.5) is 0 Å². The van der Waals surface area contributed by atoms with Gasteiger partial charge in [0.15, 0.2) is 0 Å². The first-order valence-electron chi connectivity index (χ1n) is 6.44. The second-order valence-electron chi connectivity index (χ2n) is 5.10. The number of rotatable bonds is 10. The number of nitrogens with one attached hydrogen (secondary N) is 2. The second kappa shape index (κ2) is 9.93. The number of hydrogen-bond acceptors (Lipinski definition) is 7. The fourth-order valence-corrected chi connectivity index (χ4v) is 6.35. The molecule has 0 rings (SSSR count). The molecule has 23 heavy (non-hydrogen) atoms. The Morgan fingerprint density at radius 2 is 1.52 bits per heavy atom. The molecule has 0 spiro atoms. The molecule has 0 fully saturated rings. The average Bonchev–Trinajstić information content (AvgIpc) is 2.38. The van der Waals surface area contributed by atoms with Gasteiger partial charge in [-0.3, -0.25) is 9.59 Å². The predicted octanol–water partition coefficient (Wildman–Crippen LogP) is 0.973. The van der Waals surface area contributed by atoms with Gasteiger partial charge in [0.25, 0.3) is 0 Å². The summed E-state index contributed by atoms with van der Waals surface area (Å²) in [6.45, 7) is 5.81. The number of aliphatic carboxylic acids is 2. The summed E-state index contributed by atoms with van der Waals surface area (Å²) in [4.78, 5) is 44.3. The maximum Gasteiger partial charge on any atom is 0.327 e. The number of amides is 2. The van der Waals surface area contributed by atoms with Crippen LogP contribution in [0.3, 0.4) is 0 Å². The van der Waals surface area contributed by atoms with E-state index in [1.54, 1.807) is 13.8 Å². The van der Waals surface area contributed by atoms with Crippen LogP contribution >= 0.6 is 31.4 Å². The first kappa shape index (κ1) is 21.9. The zero-order valence-corrected chi connectivity index (χ0v) is 15.6. The minimum Gasteiger partial charge on any atom is -0.480 e. The third-order valence-electron chi connectivity index (χ3n) is 2.50. The molecule has 0 aromatic heterocycles. The molecule has 0 saturated carbocycles. The summed E-state index contributed by atoms with van der Waals surface area (Å²) in [5.74, 6) is -3.04. The van der Waals surface area contributed by atoms with Crippen LogP contribution in [-0.2, 0) is 19.2 Å². The largest absolute Gasteiger partial charge is 0.480 e. The molecule has 0 aromatic carbocycles. The average molecular weight is 385 g/mol. The van der Waals surface area contributed by atoms with Crippen molar-refractivity contribution in [2.45, 2.75) is 44.5 Å². The highest BCUT2D eigenvalue weighted by Gasteiger charge is 2.37. The lowest BCUT2D eigenvalue weighted by Crippen LogP contribution is -2.51. The zero-order chi connectivity index (χ0) is 18.2. The normalized spacial score (nSPS) is 13.7. The molecule has 0 aliphatic carbocycles. The number of hydrogen-bond donors (Lipinski definition) is 4. The van der Waals surface area contributed by atoms with E-state index < -0.39 is 40.6 Å². The maximum absolute atomic E-state index is 11.3. The Morgan fingerprint density at radius 3 is 1.91 bits per heavy atom. The fraction of sp³-hybridized carbons (Fsp3) is 0.667. The van der Waals surface area contributed by atoms with E-state index in [0.29, 0.717) is 0 Å². The van der Waals surface area contributed by atoms with E-state index in [-0.39, 0.29) is 5.75 Å². The quantitative estimate of drug-likeness (QED) is 0.321. The van der Waals surface area contributed by atoms with Gasteiger partial charge in [0, 0.05) is 19.6 Å². The van der Waals surface area contributed by atoms with E-state index in [2.05, 4.69) is 10.6 Å². The topological polar surface area (TPSA) is 133 Å². The first-order valence-corrected chi connectivity index (χ1v) is 10.1. The van der Waals surface area contributed by atoms with Crippen LogP contribution in [0.2, 0.25) is 0 Å². The van der Waals surface area contributed by atoms with E-state index in [4.69, 9.17) is 5.11 Å². The highest BCUT2D eigenvalue weighted by Crippen LogP contribution is 2.45. The van der Waals surface area contributed by atoms with E-state index in [9.17, 15) is 24.3 Å². The Hall–Kier alpha value is -1.07. The Labute approximate surface area is 145 Å². The lowest BCUT2D eigenvalue weighted by atomic mass is 10.0. The van der Waals surface area contributed by atoms with Crippen LogP contribution in [0.15, 0.2) is 0 Å². The summed E-state index contributed by atoms with van der Waals surface area (Å²) in [6.07, 6.45) is 0. The number of carboxylic acids is 2. The Morgan fingerprint density at radius 1 is 1.00 bits per heavy atom. The fourth-order valence-electron chi connectivity index (χ4n) is 1.41. The van der Waals surface area contributed by atoms with Crippen molar-refractivity contribution in [1.29, 1.82) is 0 Å². The maximum atomic E-state index is 11.3. The van der Waals surface area contributed by atoms with Gasteiger partial charge in [-0.15, -0.1) is 0 Å². The van der Waals surface area contributed by atoms with Crippen molar-refractivity contribution in [3.63, 3.8) is 0 Å². The SMILES string of the molecule is CC(=O)N[C@@H](CSSSC(C)(C)[C@H](NC(C)=O)C(=O)O)C(=O)O. The van der Waals surface area contributed by atoms with Gasteiger partial charge in [0.1, 0.15) is 12.1 Å². The molecule has 0 aliphatic heterocycles.